The molecule has 5 heteroatoms. The first-order valence-corrected chi connectivity index (χ1v) is 6.30. The second-order valence-electron chi connectivity index (χ2n) is 4.55. The fourth-order valence-electron chi connectivity index (χ4n) is 1.24. The smallest absolute Gasteiger partial charge is 0.335 e. The Bertz CT molecular complexity index is 361. The van der Waals surface area contributed by atoms with Crippen LogP contribution in [0.2, 0.25) is 0 Å². The molecule has 0 unspecified atom stereocenters. The van der Waals surface area contributed by atoms with Crippen LogP contribution in [0.4, 0.5) is 5.69 Å². The monoisotopic (exact) mass is 267 g/mol. The molecule has 2 N–H and O–H groups in total. The molecule has 1 rings (SSSR count). The number of nitrogens with zero attached hydrogens (tertiary/aromatic N) is 2. The van der Waals surface area contributed by atoms with Crippen LogP contribution in [0, 0.1) is 0 Å². The Balaban J connectivity index is 0.000000399. The second-order valence-corrected chi connectivity index (χ2v) is 4.55. The number of hydrazine groups is 1. The minimum Gasteiger partial charge on any atom is -0.478 e. The predicted octanol–water partition coefficient (Wildman–Crippen LogP) is 1.91. The van der Waals surface area contributed by atoms with Crippen molar-refractivity contribution in [2.75, 3.05) is 39.6 Å². The third kappa shape index (κ3) is 8.18. The van der Waals surface area contributed by atoms with Crippen LogP contribution in [0.25, 0.3) is 0 Å². The summed E-state index contributed by atoms with van der Waals surface area (Å²) in [6.45, 7) is 3.23. The number of carboxylic acids is 1. The van der Waals surface area contributed by atoms with E-state index < -0.39 is 5.97 Å². The van der Waals surface area contributed by atoms with E-state index in [1.807, 2.05) is 38.1 Å². The van der Waals surface area contributed by atoms with Crippen LogP contribution in [0.15, 0.2) is 24.3 Å². The highest BCUT2D eigenvalue weighted by Crippen LogP contribution is 2.11. The molecular weight excluding hydrogens is 242 g/mol. The molecule has 0 aliphatic carbocycles. The number of rotatable bonds is 5. The average Bonchev–Trinajstić information content (AvgIpc) is 2.37. The fourth-order valence-corrected chi connectivity index (χ4v) is 1.24. The van der Waals surface area contributed by atoms with Gasteiger partial charge in [0.05, 0.1) is 5.56 Å². The molecule has 0 aliphatic rings. The quantitative estimate of drug-likeness (QED) is 0.798. The van der Waals surface area contributed by atoms with Gasteiger partial charge in [-0.3, -0.25) is 10.4 Å². The van der Waals surface area contributed by atoms with Crippen molar-refractivity contribution in [3.8, 4) is 0 Å². The first-order chi connectivity index (χ1) is 8.88. The molecule has 0 atom stereocenters. The third-order valence-corrected chi connectivity index (χ3v) is 2.31. The number of carboxylic acid groups (broad SMARTS) is 1. The molecule has 19 heavy (non-hydrogen) atoms. The normalized spacial score (nSPS) is 9.79. The molecule has 0 saturated carbocycles. The maximum absolute atomic E-state index is 10.5. The van der Waals surface area contributed by atoms with Gasteiger partial charge in [0, 0.05) is 40.4 Å². The van der Waals surface area contributed by atoms with Crippen LogP contribution in [-0.4, -0.2) is 50.8 Å². The molecule has 0 aromatic heterocycles. The van der Waals surface area contributed by atoms with Crippen molar-refractivity contribution in [2.45, 2.75) is 13.3 Å². The van der Waals surface area contributed by atoms with E-state index in [2.05, 4.69) is 12.3 Å². The molecule has 5 nitrogen and oxygen atoms in total. The summed E-state index contributed by atoms with van der Waals surface area (Å²) in [5.41, 5.74) is 4.45. The van der Waals surface area contributed by atoms with Crippen LogP contribution in [-0.2, 0) is 0 Å². The van der Waals surface area contributed by atoms with Crippen molar-refractivity contribution in [2.24, 2.45) is 0 Å². The summed E-state index contributed by atoms with van der Waals surface area (Å²) in [4.78, 5) is 12.4. The molecule has 0 saturated heterocycles. The zero-order valence-corrected chi connectivity index (χ0v) is 12.5. The standard InChI is InChI=1S/C9H11NO2.C5H14N2/c1-10(2)8-5-3-7(4-6-8)9(11)12;1-4-5-6-7(2)3/h3-6H,1-2H3,(H,11,12);6H,4-5H2,1-3H3. The lowest BCUT2D eigenvalue weighted by molar-refractivity contribution is 0.0697. The lowest BCUT2D eigenvalue weighted by atomic mass is 10.2. The van der Waals surface area contributed by atoms with E-state index in [0.717, 1.165) is 12.2 Å². The SMILES string of the molecule is CCCNN(C)C.CN(C)c1ccc(C(=O)O)cc1. The van der Waals surface area contributed by atoms with Gasteiger partial charge in [-0.25, -0.2) is 4.79 Å². The number of benzene rings is 1. The number of hydrogen-bond donors (Lipinski definition) is 2. The Morgan fingerprint density at radius 3 is 1.95 bits per heavy atom. The number of carbonyl (C=O) groups is 1. The van der Waals surface area contributed by atoms with Gasteiger partial charge >= 0.3 is 5.97 Å². The average molecular weight is 267 g/mol. The highest BCUT2D eigenvalue weighted by molar-refractivity contribution is 5.88. The first kappa shape index (κ1) is 17.4. The largest absolute Gasteiger partial charge is 0.478 e. The number of hydrogen-bond acceptors (Lipinski definition) is 4. The van der Waals surface area contributed by atoms with Crippen molar-refractivity contribution in [1.82, 2.24) is 10.4 Å². The van der Waals surface area contributed by atoms with Crippen LogP contribution in [0.5, 0.6) is 0 Å². The van der Waals surface area contributed by atoms with Crippen molar-refractivity contribution in [3.63, 3.8) is 0 Å². The second kappa shape index (κ2) is 9.35. The molecule has 0 spiro atoms. The summed E-state index contributed by atoms with van der Waals surface area (Å²) in [6.07, 6.45) is 1.19. The Kier molecular flexibility index (Phi) is 8.57. The summed E-state index contributed by atoms with van der Waals surface area (Å²) >= 11 is 0. The van der Waals surface area contributed by atoms with E-state index in [9.17, 15) is 4.79 Å². The summed E-state index contributed by atoms with van der Waals surface area (Å²) in [6, 6.07) is 6.75. The molecule has 0 heterocycles. The molecular formula is C14H25N3O2. The number of nitrogens with one attached hydrogen (secondary N) is 1. The molecule has 0 aliphatic heterocycles. The Morgan fingerprint density at radius 2 is 1.68 bits per heavy atom. The Labute approximate surface area is 115 Å². The topological polar surface area (TPSA) is 55.8 Å². The molecule has 1 aromatic rings. The Morgan fingerprint density at radius 1 is 1.16 bits per heavy atom. The highest BCUT2D eigenvalue weighted by Gasteiger charge is 2.01. The van der Waals surface area contributed by atoms with Gasteiger partial charge in [-0.05, 0) is 30.7 Å². The third-order valence-electron chi connectivity index (χ3n) is 2.31. The van der Waals surface area contributed by atoms with Crippen LogP contribution < -0.4 is 10.3 Å². The van der Waals surface area contributed by atoms with Crippen LogP contribution in [0.1, 0.15) is 23.7 Å². The van der Waals surface area contributed by atoms with E-state index in [1.54, 1.807) is 24.3 Å². The van der Waals surface area contributed by atoms with Gasteiger partial charge in [0.15, 0.2) is 0 Å². The minimum atomic E-state index is -0.889. The maximum atomic E-state index is 10.5. The molecule has 0 bridgehead atoms. The molecule has 0 amide bonds. The van der Waals surface area contributed by atoms with E-state index in [0.29, 0.717) is 5.56 Å². The number of anilines is 1. The van der Waals surface area contributed by atoms with Gasteiger partial charge in [-0.1, -0.05) is 6.92 Å². The molecule has 108 valence electrons. The van der Waals surface area contributed by atoms with Gasteiger partial charge in [0.2, 0.25) is 0 Å². The summed E-state index contributed by atoms with van der Waals surface area (Å²) in [7, 11) is 7.82. The maximum Gasteiger partial charge on any atom is 0.335 e. The summed E-state index contributed by atoms with van der Waals surface area (Å²) in [5.74, 6) is -0.889. The predicted molar refractivity (Wildman–Crippen MR) is 79.7 cm³/mol. The summed E-state index contributed by atoms with van der Waals surface area (Å²) < 4.78 is 0. The molecule has 1 aromatic carbocycles. The minimum absolute atomic E-state index is 0.320. The van der Waals surface area contributed by atoms with Gasteiger partial charge < -0.3 is 10.0 Å². The zero-order valence-electron chi connectivity index (χ0n) is 12.5. The lowest BCUT2D eigenvalue weighted by Crippen LogP contribution is -2.30. The fraction of sp³-hybridized carbons (Fsp3) is 0.500. The van der Waals surface area contributed by atoms with Crippen LogP contribution >= 0.6 is 0 Å². The number of aromatic carboxylic acids is 1. The van der Waals surface area contributed by atoms with Gasteiger partial charge in [-0.15, -0.1) is 0 Å². The summed E-state index contributed by atoms with van der Waals surface area (Å²) in [5, 5.41) is 10.6. The van der Waals surface area contributed by atoms with Crippen molar-refractivity contribution >= 4 is 11.7 Å². The van der Waals surface area contributed by atoms with Gasteiger partial charge in [-0.2, -0.15) is 0 Å². The van der Waals surface area contributed by atoms with E-state index in [-0.39, 0.29) is 0 Å². The van der Waals surface area contributed by atoms with Gasteiger partial charge in [0.1, 0.15) is 0 Å². The molecule has 0 fully saturated rings. The highest BCUT2D eigenvalue weighted by atomic mass is 16.4. The van der Waals surface area contributed by atoms with Crippen LogP contribution in [0.3, 0.4) is 0 Å². The Hall–Kier alpha value is -1.59. The van der Waals surface area contributed by atoms with E-state index >= 15 is 0 Å². The van der Waals surface area contributed by atoms with Crippen molar-refractivity contribution in [3.05, 3.63) is 29.8 Å². The van der Waals surface area contributed by atoms with E-state index in [1.165, 1.54) is 6.42 Å². The van der Waals surface area contributed by atoms with Crippen molar-refractivity contribution in [1.29, 1.82) is 0 Å². The lowest BCUT2D eigenvalue weighted by Gasteiger charge is -2.11. The first-order valence-electron chi connectivity index (χ1n) is 6.30. The van der Waals surface area contributed by atoms with E-state index in [4.69, 9.17) is 5.11 Å². The molecule has 0 radical (unpaired) electrons. The zero-order chi connectivity index (χ0) is 14.8. The van der Waals surface area contributed by atoms with Gasteiger partial charge in [0.25, 0.3) is 0 Å². The van der Waals surface area contributed by atoms with Crippen molar-refractivity contribution < 1.29 is 9.90 Å².